The summed E-state index contributed by atoms with van der Waals surface area (Å²) in [6, 6.07) is 6.08. The minimum absolute atomic E-state index is 0.0192. The van der Waals surface area contributed by atoms with Crippen LogP contribution in [0.4, 0.5) is 5.69 Å². The van der Waals surface area contributed by atoms with E-state index in [0.717, 1.165) is 23.2 Å². The molecule has 0 spiro atoms. The maximum atomic E-state index is 11.9. The Labute approximate surface area is 115 Å². The van der Waals surface area contributed by atoms with Crippen LogP contribution >= 0.6 is 0 Å². The third kappa shape index (κ3) is 2.16. The van der Waals surface area contributed by atoms with E-state index in [-0.39, 0.29) is 17.4 Å². The molecule has 0 saturated carbocycles. The number of carbonyl (C=O) groups is 1. The van der Waals surface area contributed by atoms with E-state index in [4.69, 9.17) is 5.73 Å². The van der Waals surface area contributed by atoms with Gasteiger partial charge in [0.15, 0.2) is 0 Å². The number of rotatable bonds is 3. The molecule has 0 fully saturated rings. The molecule has 1 aromatic carbocycles. The molecule has 2 rings (SSSR count). The van der Waals surface area contributed by atoms with Gasteiger partial charge in [-0.05, 0) is 42.9 Å². The molecule has 0 saturated heterocycles. The predicted octanol–water partition coefficient (Wildman–Crippen LogP) is 3.35. The van der Waals surface area contributed by atoms with Crippen molar-refractivity contribution in [2.45, 2.75) is 52.5 Å². The first-order valence-electron chi connectivity index (χ1n) is 6.91. The molecule has 1 heterocycles. The number of amides is 1. The van der Waals surface area contributed by atoms with Crippen LogP contribution in [0.3, 0.4) is 0 Å². The van der Waals surface area contributed by atoms with Crippen LogP contribution in [0.1, 0.15) is 58.2 Å². The summed E-state index contributed by atoms with van der Waals surface area (Å²) in [5.74, 6) is 0.0583. The Bertz CT molecular complexity index is 517. The van der Waals surface area contributed by atoms with Gasteiger partial charge in [-0.3, -0.25) is 4.79 Å². The molecule has 1 amide bonds. The smallest absolute Gasteiger partial charge is 0.234 e. The summed E-state index contributed by atoms with van der Waals surface area (Å²) in [7, 11) is 0. The minimum atomic E-state index is -0.471. The van der Waals surface area contributed by atoms with Crippen molar-refractivity contribution >= 4 is 11.6 Å². The highest BCUT2D eigenvalue weighted by molar-refractivity contribution is 6.05. The molecule has 1 aromatic rings. The fraction of sp³-hybridized carbons (Fsp3) is 0.562. The van der Waals surface area contributed by atoms with Crippen molar-refractivity contribution in [3.63, 3.8) is 0 Å². The average Bonchev–Trinajstić information content (AvgIpc) is 2.59. The van der Waals surface area contributed by atoms with Gasteiger partial charge in [-0.15, -0.1) is 0 Å². The first-order chi connectivity index (χ1) is 8.70. The number of hydrogen-bond acceptors (Lipinski definition) is 2. The van der Waals surface area contributed by atoms with Crippen LogP contribution in [-0.4, -0.2) is 5.91 Å². The van der Waals surface area contributed by atoms with Gasteiger partial charge in [0.2, 0.25) is 5.91 Å². The van der Waals surface area contributed by atoms with Gasteiger partial charge in [0.1, 0.15) is 0 Å². The number of carbonyl (C=O) groups excluding carboxylic acids is 1. The Kier molecular flexibility index (Phi) is 3.21. The summed E-state index contributed by atoms with van der Waals surface area (Å²) in [5.41, 5.74) is 9.05. The topological polar surface area (TPSA) is 55.1 Å². The standard InChI is InChI=1S/C16H24N2O/c1-6-15(2,3)13(17)10-7-8-12-11(9-10)16(4,5)14(19)18-12/h7-9,13H,6,17H2,1-5H3,(H,18,19). The van der Waals surface area contributed by atoms with Crippen LogP contribution in [0.2, 0.25) is 0 Å². The number of fused-ring (bicyclic) bond motifs is 1. The van der Waals surface area contributed by atoms with Crippen LogP contribution < -0.4 is 11.1 Å². The molecule has 0 aromatic heterocycles. The lowest BCUT2D eigenvalue weighted by atomic mass is 9.77. The van der Waals surface area contributed by atoms with E-state index < -0.39 is 5.41 Å². The van der Waals surface area contributed by atoms with Gasteiger partial charge < -0.3 is 11.1 Å². The maximum Gasteiger partial charge on any atom is 0.234 e. The minimum Gasteiger partial charge on any atom is -0.325 e. The lowest BCUT2D eigenvalue weighted by Crippen LogP contribution is -2.29. The van der Waals surface area contributed by atoms with Crippen molar-refractivity contribution in [3.05, 3.63) is 29.3 Å². The van der Waals surface area contributed by atoms with E-state index in [1.807, 2.05) is 26.0 Å². The van der Waals surface area contributed by atoms with Crippen LogP contribution in [0.25, 0.3) is 0 Å². The summed E-state index contributed by atoms with van der Waals surface area (Å²) in [6.07, 6.45) is 1.02. The lowest BCUT2D eigenvalue weighted by molar-refractivity contribution is -0.119. The number of anilines is 1. The van der Waals surface area contributed by atoms with E-state index in [1.165, 1.54) is 0 Å². The molecule has 0 radical (unpaired) electrons. The second-order valence-electron chi connectivity index (χ2n) is 6.70. The van der Waals surface area contributed by atoms with E-state index in [0.29, 0.717) is 0 Å². The molecule has 1 aliphatic heterocycles. The van der Waals surface area contributed by atoms with Crippen molar-refractivity contribution in [2.75, 3.05) is 5.32 Å². The highest BCUT2D eigenvalue weighted by atomic mass is 16.2. The predicted molar refractivity (Wildman–Crippen MR) is 79.1 cm³/mol. The first kappa shape index (κ1) is 14.1. The maximum absolute atomic E-state index is 11.9. The first-order valence-corrected chi connectivity index (χ1v) is 6.91. The summed E-state index contributed by atoms with van der Waals surface area (Å²) >= 11 is 0. The van der Waals surface area contributed by atoms with Crippen LogP contribution in [0.15, 0.2) is 18.2 Å². The highest BCUT2D eigenvalue weighted by Crippen LogP contribution is 2.41. The number of nitrogens with one attached hydrogen (secondary N) is 1. The van der Waals surface area contributed by atoms with Gasteiger partial charge in [0.05, 0.1) is 5.41 Å². The van der Waals surface area contributed by atoms with Gasteiger partial charge in [-0.2, -0.15) is 0 Å². The molecule has 0 bridgehead atoms. The molecule has 3 heteroatoms. The van der Waals surface area contributed by atoms with Crippen LogP contribution in [0.5, 0.6) is 0 Å². The molecular weight excluding hydrogens is 236 g/mol. The largest absolute Gasteiger partial charge is 0.325 e. The number of nitrogens with two attached hydrogens (primary N) is 1. The molecule has 1 aliphatic rings. The molecule has 3 N–H and O–H groups in total. The lowest BCUT2D eigenvalue weighted by Gasteiger charge is -2.31. The Morgan fingerprint density at radius 1 is 1.37 bits per heavy atom. The monoisotopic (exact) mass is 260 g/mol. The van der Waals surface area contributed by atoms with E-state index in [9.17, 15) is 4.79 Å². The fourth-order valence-electron chi connectivity index (χ4n) is 2.45. The second-order valence-corrected chi connectivity index (χ2v) is 6.70. The Morgan fingerprint density at radius 3 is 2.58 bits per heavy atom. The van der Waals surface area contributed by atoms with Gasteiger partial charge in [0.25, 0.3) is 0 Å². The number of benzene rings is 1. The third-order valence-corrected chi connectivity index (χ3v) is 4.65. The van der Waals surface area contributed by atoms with Crippen molar-refractivity contribution in [1.82, 2.24) is 0 Å². The van der Waals surface area contributed by atoms with Gasteiger partial charge >= 0.3 is 0 Å². The molecular formula is C16H24N2O. The normalized spacial score (nSPS) is 18.9. The summed E-state index contributed by atoms with van der Waals surface area (Å²) in [4.78, 5) is 11.9. The van der Waals surface area contributed by atoms with Gasteiger partial charge in [0, 0.05) is 11.7 Å². The summed E-state index contributed by atoms with van der Waals surface area (Å²) in [6.45, 7) is 10.4. The zero-order chi connectivity index (χ0) is 14.4. The van der Waals surface area contributed by atoms with E-state index in [2.05, 4.69) is 32.2 Å². The molecule has 3 nitrogen and oxygen atoms in total. The zero-order valence-corrected chi connectivity index (χ0v) is 12.5. The van der Waals surface area contributed by atoms with Gasteiger partial charge in [-0.25, -0.2) is 0 Å². The van der Waals surface area contributed by atoms with Crippen molar-refractivity contribution in [2.24, 2.45) is 11.1 Å². The summed E-state index contributed by atoms with van der Waals surface area (Å²) in [5, 5.41) is 2.93. The Balaban J connectivity index is 2.44. The van der Waals surface area contributed by atoms with Crippen molar-refractivity contribution in [1.29, 1.82) is 0 Å². The summed E-state index contributed by atoms with van der Waals surface area (Å²) < 4.78 is 0. The Morgan fingerprint density at radius 2 is 2.00 bits per heavy atom. The molecule has 1 atom stereocenters. The zero-order valence-electron chi connectivity index (χ0n) is 12.5. The van der Waals surface area contributed by atoms with Crippen molar-refractivity contribution < 1.29 is 4.79 Å². The number of hydrogen-bond donors (Lipinski definition) is 2. The Hall–Kier alpha value is -1.35. The highest BCUT2D eigenvalue weighted by Gasteiger charge is 2.39. The van der Waals surface area contributed by atoms with E-state index >= 15 is 0 Å². The van der Waals surface area contributed by atoms with Gasteiger partial charge in [-0.1, -0.05) is 32.9 Å². The molecule has 104 valence electrons. The quantitative estimate of drug-likeness (QED) is 0.875. The fourth-order valence-corrected chi connectivity index (χ4v) is 2.45. The van der Waals surface area contributed by atoms with Crippen molar-refractivity contribution in [3.8, 4) is 0 Å². The van der Waals surface area contributed by atoms with E-state index in [1.54, 1.807) is 0 Å². The average molecular weight is 260 g/mol. The molecule has 1 unspecified atom stereocenters. The second kappa shape index (κ2) is 4.34. The molecule has 19 heavy (non-hydrogen) atoms. The molecule has 0 aliphatic carbocycles. The van der Waals surface area contributed by atoms with Crippen LogP contribution in [0, 0.1) is 5.41 Å². The third-order valence-electron chi connectivity index (χ3n) is 4.65. The SMILES string of the molecule is CCC(C)(C)C(N)c1ccc2c(c1)C(C)(C)C(=O)N2. The van der Waals surface area contributed by atoms with Crippen LogP contribution in [-0.2, 0) is 10.2 Å².